The molecule has 3 aliphatic rings. The first kappa shape index (κ1) is 34.8. The minimum absolute atomic E-state index is 0.0228. The van der Waals surface area contributed by atoms with E-state index in [4.69, 9.17) is 4.74 Å². The van der Waals surface area contributed by atoms with Gasteiger partial charge in [0.15, 0.2) is 12.4 Å². The van der Waals surface area contributed by atoms with Crippen LogP contribution < -0.4 is 20.4 Å². The number of amides is 2. The van der Waals surface area contributed by atoms with E-state index in [1.165, 1.54) is 16.7 Å². The number of benzene rings is 2. The van der Waals surface area contributed by atoms with Gasteiger partial charge in [-0.25, -0.2) is 22.8 Å². The van der Waals surface area contributed by atoms with Crippen LogP contribution in [0.25, 0.3) is 10.9 Å². The zero-order chi connectivity index (χ0) is 35.9. The van der Waals surface area contributed by atoms with Crippen molar-refractivity contribution < 1.29 is 47.3 Å². The fourth-order valence-electron chi connectivity index (χ4n) is 6.56. The summed E-state index contributed by atoms with van der Waals surface area (Å²) >= 11 is 1.29. The summed E-state index contributed by atoms with van der Waals surface area (Å²) in [6.45, 7) is -1.34. The minimum Gasteiger partial charge on any atom is -0.484 e. The lowest BCUT2D eigenvalue weighted by Crippen LogP contribution is -2.71. The molecular weight excluding hydrogens is 683 g/mol. The highest BCUT2D eigenvalue weighted by Gasteiger charge is 2.54. The second kappa shape index (κ2) is 14.1. The van der Waals surface area contributed by atoms with Crippen molar-refractivity contribution in [2.24, 2.45) is 0 Å². The Balaban J connectivity index is 1.22. The van der Waals surface area contributed by atoms with Gasteiger partial charge in [0.25, 0.3) is 11.8 Å². The maximum absolute atomic E-state index is 16.2. The SMILES string of the molecule is CN1CCN(c2c(F)cc3c(=O)c(C(=O)O)cn(CCF)c3c2F)C[C@H]1CC1=C(C(=O)O)N2C(=O)[C@H](NC(=O)COc3ccccc3)C2SC1. The van der Waals surface area contributed by atoms with Crippen LogP contribution in [0.3, 0.4) is 0 Å². The molecule has 2 amide bonds. The van der Waals surface area contributed by atoms with Crippen molar-refractivity contribution in [2.75, 3.05) is 50.6 Å². The van der Waals surface area contributed by atoms with Crippen LogP contribution in [-0.4, -0.2) is 112 Å². The number of carbonyl (C=O) groups excluding carboxylic acids is 2. The molecule has 3 aromatic rings. The Bertz CT molecular complexity index is 1980. The van der Waals surface area contributed by atoms with Gasteiger partial charge in [0, 0.05) is 37.6 Å². The van der Waals surface area contributed by atoms with Crippen molar-refractivity contribution in [3.05, 3.63) is 81.3 Å². The predicted octanol–water partition coefficient (Wildman–Crippen LogP) is 2.28. The highest BCUT2D eigenvalue weighted by molar-refractivity contribution is 8.00. The number of β-lactam (4-membered cyclic amide) rings is 1. The zero-order valence-electron chi connectivity index (χ0n) is 26.6. The summed E-state index contributed by atoms with van der Waals surface area (Å²) in [6, 6.07) is 7.97. The number of aromatic nitrogens is 1. The van der Waals surface area contributed by atoms with Gasteiger partial charge in [-0.2, -0.15) is 0 Å². The summed E-state index contributed by atoms with van der Waals surface area (Å²) < 4.78 is 51.6. The number of hydrogen-bond donors (Lipinski definition) is 3. The van der Waals surface area contributed by atoms with Gasteiger partial charge in [0.05, 0.1) is 17.4 Å². The molecule has 1 aromatic heterocycles. The number of anilines is 1. The number of halogens is 3. The number of aliphatic carboxylic acids is 1. The molecule has 17 heteroatoms. The van der Waals surface area contributed by atoms with Crippen molar-refractivity contribution in [1.29, 1.82) is 0 Å². The van der Waals surface area contributed by atoms with Crippen LogP contribution in [-0.2, 0) is 20.9 Å². The van der Waals surface area contributed by atoms with Gasteiger partial charge in [-0.3, -0.25) is 24.2 Å². The largest absolute Gasteiger partial charge is 0.484 e. The number of ether oxygens (including phenoxy) is 1. The molecule has 3 N–H and O–H groups in total. The summed E-state index contributed by atoms with van der Waals surface area (Å²) in [5.41, 5.74) is -2.54. The van der Waals surface area contributed by atoms with Crippen molar-refractivity contribution >= 4 is 52.1 Å². The Labute approximate surface area is 286 Å². The number of aryl methyl sites for hydroxylation is 1. The molecule has 264 valence electrons. The Kier molecular flexibility index (Phi) is 9.80. The standard InChI is InChI=1S/C33H32F3N5O8S/c1-38-9-10-40(28-22(35)12-20-27(24(28)36)39(8-7-34)14-21(29(20)43)32(45)46)13-18(38)11-17-16-50-31-25(30(44)41(31)26(17)33(47)48)37-23(42)15-49-19-5-3-2-4-6-19/h2-6,12,14,18,25,31H,7-11,13,15-16H2,1H3,(H,37,42)(H,45,46)(H,47,48)/t18-,25+,31?/m1/s1. The average Bonchev–Trinajstić information content (AvgIpc) is 3.08. The molecule has 4 heterocycles. The molecule has 0 radical (unpaired) electrons. The smallest absolute Gasteiger partial charge is 0.352 e. The van der Waals surface area contributed by atoms with Gasteiger partial charge in [-0.05, 0) is 37.2 Å². The maximum Gasteiger partial charge on any atom is 0.352 e. The first-order valence-electron chi connectivity index (χ1n) is 15.6. The number of likely N-dealkylation sites (N-methyl/N-ethyl adjacent to an activating group) is 1. The number of carboxylic acid groups (broad SMARTS) is 2. The number of carboxylic acids is 2. The van der Waals surface area contributed by atoms with E-state index in [1.54, 1.807) is 37.4 Å². The van der Waals surface area contributed by atoms with Crippen LogP contribution in [0.4, 0.5) is 18.9 Å². The topological polar surface area (TPSA) is 162 Å². The number of rotatable bonds is 11. The molecule has 2 saturated heterocycles. The van der Waals surface area contributed by atoms with Crippen molar-refractivity contribution in [2.45, 2.75) is 30.4 Å². The fourth-order valence-corrected chi connectivity index (χ4v) is 7.92. The van der Waals surface area contributed by atoms with Crippen LogP contribution in [0.1, 0.15) is 16.8 Å². The fraction of sp³-hybridized carbons (Fsp3) is 0.364. The van der Waals surface area contributed by atoms with Crippen molar-refractivity contribution in [3.8, 4) is 5.75 Å². The van der Waals surface area contributed by atoms with Crippen molar-refractivity contribution in [3.63, 3.8) is 0 Å². The number of nitrogens with one attached hydrogen (secondary N) is 1. The van der Waals surface area contributed by atoms with Crippen LogP contribution in [0.15, 0.2) is 58.7 Å². The molecule has 0 aliphatic carbocycles. The van der Waals surface area contributed by atoms with E-state index in [0.717, 1.165) is 21.7 Å². The normalized spacial score (nSPS) is 20.8. The highest BCUT2D eigenvalue weighted by Crippen LogP contribution is 2.42. The summed E-state index contributed by atoms with van der Waals surface area (Å²) in [7, 11) is 1.78. The van der Waals surface area contributed by atoms with Gasteiger partial charge in [0.2, 0.25) is 5.43 Å². The summed E-state index contributed by atoms with van der Waals surface area (Å²) in [4.78, 5) is 67.1. The Morgan fingerprint density at radius 1 is 1.08 bits per heavy atom. The molecule has 1 unspecified atom stereocenters. The van der Waals surface area contributed by atoms with E-state index in [0.29, 0.717) is 17.9 Å². The number of fused-ring (bicyclic) bond motifs is 2. The van der Waals surface area contributed by atoms with Crippen LogP contribution in [0, 0.1) is 11.6 Å². The first-order valence-corrected chi connectivity index (χ1v) is 16.6. The summed E-state index contributed by atoms with van der Waals surface area (Å²) in [5.74, 6) is -5.65. The predicted molar refractivity (Wildman–Crippen MR) is 176 cm³/mol. The van der Waals surface area contributed by atoms with E-state index >= 15 is 8.78 Å². The number of hydrogen-bond acceptors (Lipinski definition) is 9. The van der Waals surface area contributed by atoms with E-state index in [1.807, 2.05) is 4.90 Å². The number of aromatic carboxylic acids is 1. The van der Waals surface area contributed by atoms with Gasteiger partial charge >= 0.3 is 11.9 Å². The maximum atomic E-state index is 16.2. The number of carbonyl (C=O) groups is 4. The molecule has 13 nitrogen and oxygen atoms in total. The Morgan fingerprint density at radius 3 is 2.50 bits per heavy atom. The first-order chi connectivity index (χ1) is 23.9. The quantitative estimate of drug-likeness (QED) is 0.250. The lowest BCUT2D eigenvalue weighted by atomic mass is 9.97. The Morgan fingerprint density at radius 2 is 1.82 bits per heavy atom. The molecule has 3 atom stereocenters. The second-order valence-corrected chi connectivity index (χ2v) is 13.2. The second-order valence-electron chi connectivity index (χ2n) is 12.1. The van der Waals surface area contributed by atoms with Gasteiger partial charge in [-0.1, -0.05) is 18.2 Å². The lowest BCUT2D eigenvalue weighted by Gasteiger charge is -2.50. The molecule has 50 heavy (non-hydrogen) atoms. The van der Waals surface area contributed by atoms with Gasteiger partial charge < -0.3 is 29.7 Å². The molecule has 6 rings (SSSR count). The van der Waals surface area contributed by atoms with E-state index in [2.05, 4.69) is 5.32 Å². The van der Waals surface area contributed by atoms with Gasteiger partial charge in [0.1, 0.15) is 46.6 Å². The third kappa shape index (κ3) is 6.37. The van der Waals surface area contributed by atoms with E-state index < -0.39 is 93.6 Å². The number of alkyl halides is 1. The molecule has 2 fully saturated rings. The van der Waals surface area contributed by atoms with Crippen molar-refractivity contribution in [1.82, 2.24) is 19.7 Å². The molecule has 2 aromatic carbocycles. The number of nitrogens with zero attached hydrogens (tertiary/aromatic N) is 4. The third-order valence-electron chi connectivity index (χ3n) is 9.04. The average molecular weight is 716 g/mol. The molecule has 0 spiro atoms. The number of piperazine rings is 1. The number of para-hydroxylation sites is 1. The van der Waals surface area contributed by atoms with E-state index in [-0.39, 0.29) is 37.6 Å². The molecule has 0 saturated carbocycles. The minimum atomic E-state index is -1.62. The van der Waals surface area contributed by atoms with Crippen LogP contribution in [0.2, 0.25) is 0 Å². The van der Waals surface area contributed by atoms with Crippen LogP contribution >= 0.6 is 11.8 Å². The zero-order valence-corrected chi connectivity index (χ0v) is 27.4. The number of pyridine rings is 1. The summed E-state index contributed by atoms with van der Waals surface area (Å²) in [6.07, 6.45) is 0.967. The summed E-state index contributed by atoms with van der Waals surface area (Å²) in [5, 5.41) is 21.0. The Hall–Kier alpha value is -5.03. The highest BCUT2D eigenvalue weighted by atomic mass is 32.2. The lowest BCUT2D eigenvalue weighted by molar-refractivity contribution is -0.151. The molecule has 0 bridgehead atoms. The van der Waals surface area contributed by atoms with E-state index in [9.17, 15) is 38.6 Å². The van der Waals surface area contributed by atoms with Crippen LogP contribution in [0.5, 0.6) is 5.75 Å². The third-order valence-corrected chi connectivity index (χ3v) is 10.4. The monoisotopic (exact) mass is 715 g/mol. The molecule has 3 aliphatic heterocycles. The number of thioether (sulfide) groups is 1. The van der Waals surface area contributed by atoms with Gasteiger partial charge in [-0.15, -0.1) is 11.8 Å². The molecular formula is C33H32F3N5O8S.